The molecule has 0 spiro atoms. The quantitative estimate of drug-likeness (QED) is 0.515. The van der Waals surface area contributed by atoms with E-state index >= 15 is 0 Å². The molecule has 0 aliphatic carbocycles. The van der Waals surface area contributed by atoms with Gasteiger partial charge in [-0.05, 0) is 17.7 Å². The topological polar surface area (TPSA) is 53.8 Å². The molecule has 0 atom stereocenters. The fourth-order valence-corrected chi connectivity index (χ4v) is 1.06. The summed E-state index contributed by atoms with van der Waals surface area (Å²) in [4.78, 5) is 14.3. The highest BCUT2D eigenvalue weighted by Gasteiger charge is 2.11. The maximum absolute atomic E-state index is 10.7. The van der Waals surface area contributed by atoms with Crippen molar-refractivity contribution in [1.82, 2.24) is 4.98 Å². The molecule has 0 N–H and O–H groups in total. The number of hydrogen-bond donors (Lipinski definition) is 0. The average molecular weight is 201 g/mol. The second kappa shape index (κ2) is 3.53. The zero-order valence-electron chi connectivity index (χ0n) is 5.71. The minimum Gasteiger partial charge on any atom is -0.276 e. The Kier molecular flexibility index (Phi) is 2.64. The van der Waals surface area contributed by atoms with Crippen LogP contribution in [0.2, 0.25) is 5.15 Å². The number of aromatic nitrogens is 1. The van der Waals surface area contributed by atoms with Gasteiger partial charge in [0.05, 0.1) is 5.56 Å². The van der Waals surface area contributed by atoms with Crippen molar-refractivity contribution in [3.63, 3.8) is 0 Å². The van der Waals surface area contributed by atoms with Crippen molar-refractivity contribution in [2.75, 3.05) is 0 Å². The molecule has 0 aliphatic rings. The fourth-order valence-electron chi connectivity index (χ4n) is 0.706. The fraction of sp³-hybridized carbons (Fsp3) is 0. The molecule has 60 valence electrons. The van der Waals surface area contributed by atoms with Crippen LogP contribution in [0.25, 0.3) is 0 Å². The van der Waals surface area contributed by atoms with Crippen LogP contribution in [0.15, 0.2) is 12.3 Å². The second-order valence-electron chi connectivity index (χ2n) is 1.91. The Morgan fingerprint density at radius 3 is 2.75 bits per heavy atom. The maximum atomic E-state index is 10.7. The van der Waals surface area contributed by atoms with Crippen LogP contribution in [-0.4, -0.2) is 10.2 Å². The number of pyridine rings is 1. The Morgan fingerprint density at radius 1 is 1.67 bits per heavy atom. The first-order valence-corrected chi connectivity index (χ1v) is 3.67. The van der Waals surface area contributed by atoms with E-state index in [0.717, 1.165) is 0 Å². The Bertz CT molecular complexity index is 370. The van der Waals surface area contributed by atoms with E-state index in [0.29, 0.717) is 0 Å². The van der Waals surface area contributed by atoms with Crippen molar-refractivity contribution in [1.29, 1.82) is 5.26 Å². The predicted octanol–water partition coefficient (Wildman–Crippen LogP) is 1.99. The molecule has 3 nitrogen and oxygen atoms in total. The highest BCUT2D eigenvalue weighted by Crippen LogP contribution is 2.17. The van der Waals surface area contributed by atoms with Crippen LogP contribution in [0.1, 0.15) is 15.9 Å². The van der Waals surface area contributed by atoms with Gasteiger partial charge < -0.3 is 0 Å². The standard InChI is InChI=1S/C7H2Cl2N2O/c8-6-5(3-10)4(7(9)12)1-2-11-6/h1-2H. The van der Waals surface area contributed by atoms with Crippen LogP contribution in [0, 0.1) is 11.3 Å². The van der Waals surface area contributed by atoms with E-state index in [9.17, 15) is 4.79 Å². The molecule has 0 bridgehead atoms. The molecule has 0 aromatic carbocycles. The van der Waals surface area contributed by atoms with E-state index in [-0.39, 0.29) is 16.3 Å². The average Bonchev–Trinajstić information content (AvgIpc) is 2.03. The molecule has 1 aromatic heterocycles. The third-order valence-electron chi connectivity index (χ3n) is 1.23. The number of carbonyl (C=O) groups excluding carboxylic acids is 1. The molecule has 1 rings (SSSR count). The van der Waals surface area contributed by atoms with E-state index in [2.05, 4.69) is 4.98 Å². The molecular weight excluding hydrogens is 199 g/mol. The zero-order chi connectivity index (χ0) is 9.14. The van der Waals surface area contributed by atoms with E-state index in [1.54, 1.807) is 6.07 Å². The second-order valence-corrected chi connectivity index (χ2v) is 2.61. The predicted molar refractivity (Wildman–Crippen MR) is 44.1 cm³/mol. The van der Waals surface area contributed by atoms with Crippen LogP contribution in [-0.2, 0) is 0 Å². The van der Waals surface area contributed by atoms with Gasteiger partial charge in [-0.3, -0.25) is 4.79 Å². The molecule has 0 fully saturated rings. The molecule has 5 heteroatoms. The lowest BCUT2D eigenvalue weighted by Gasteiger charge is -1.97. The van der Waals surface area contributed by atoms with Crippen molar-refractivity contribution in [3.8, 4) is 6.07 Å². The van der Waals surface area contributed by atoms with E-state index < -0.39 is 5.24 Å². The molecule has 0 amide bonds. The summed E-state index contributed by atoms with van der Waals surface area (Å²) in [5.74, 6) is 0. The Hall–Kier alpha value is -1.11. The van der Waals surface area contributed by atoms with Gasteiger partial charge in [0.1, 0.15) is 16.8 Å². The number of nitrogens with zero attached hydrogens (tertiary/aromatic N) is 2. The lowest BCUT2D eigenvalue weighted by Crippen LogP contribution is -1.95. The van der Waals surface area contributed by atoms with Gasteiger partial charge in [0, 0.05) is 6.20 Å². The number of rotatable bonds is 1. The largest absolute Gasteiger partial charge is 0.276 e. The summed E-state index contributed by atoms with van der Waals surface area (Å²) in [6.07, 6.45) is 1.32. The van der Waals surface area contributed by atoms with Crippen molar-refractivity contribution >= 4 is 28.4 Å². The van der Waals surface area contributed by atoms with Gasteiger partial charge in [0.15, 0.2) is 0 Å². The molecule has 0 aliphatic heterocycles. The van der Waals surface area contributed by atoms with Crippen molar-refractivity contribution in [3.05, 3.63) is 28.5 Å². The number of carbonyl (C=O) groups is 1. The number of hydrogen-bond acceptors (Lipinski definition) is 3. The highest BCUT2D eigenvalue weighted by atomic mass is 35.5. The smallest absolute Gasteiger partial charge is 0.253 e. The molecule has 0 saturated heterocycles. The Labute approximate surface area is 78.5 Å². The zero-order valence-corrected chi connectivity index (χ0v) is 7.23. The molecule has 1 aromatic rings. The summed E-state index contributed by atoms with van der Waals surface area (Å²) in [7, 11) is 0. The minimum atomic E-state index is -0.712. The SMILES string of the molecule is N#Cc1c(C(=O)Cl)ccnc1Cl. The van der Waals surface area contributed by atoms with Crippen LogP contribution >= 0.6 is 23.2 Å². The molecule has 1 heterocycles. The lowest BCUT2D eigenvalue weighted by atomic mass is 10.2. The molecule has 0 saturated carbocycles. The van der Waals surface area contributed by atoms with Crippen LogP contribution in [0.5, 0.6) is 0 Å². The number of nitriles is 1. The van der Waals surface area contributed by atoms with Gasteiger partial charge in [0.2, 0.25) is 0 Å². The molecule has 0 unspecified atom stereocenters. The summed E-state index contributed by atoms with van der Waals surface area (Å²) in [5, 5.41) is 7.84. The summed E-state index contributed by atoms with van der Waals surface area (Å²) < 4.78 is 0. The summed E-state index contributed by atoms with van der Waals surface area (Å²) in [6, 6.07) is 3.09. The van der Waals surface area contributed by atoms with Crippen LogP contribution in [0.3, 0.4) is 0 Å². The van der Waals surface area contributed by atoms with Crippen molar-refractivity contribution in [2.24, 2.45) is 0 Å². The normalized spacial score (nSPS) is 9.08. The van der Waals surface area contributed by atoms with Crippen LogP contribution < -0.4 is 0 Å². The Balaban J connectivity index is 3.40. The van der Waals surface area contributed by atoms with Crippen molar-refractivity contribution in [2.45, 2.75) is 0 Å². The summed E-state index contributed by atoms with van der Waals surface area (Å²) in [6.45, 7) is 0. The monoisotopic (exact) mass is 200 g/mol. The molecular formula is C7H2Cl2N2O. The van der Waals surface area contributed by atoms with Crippen molar-refractivity contribution < 1.29 is 4.79 Å². The third kappa shape index (κ3) is 1.55. The molecule has 12 heavy (non-hydrogen) atoms. The van der Waals surface area contributed by atoms with Gasteiger partial charge in [-0.1, -0.05) is 11.6 Å². The van der Waals surface area contributed by atoms with E-state index in [4.69, 9.17) is 28.5 Å². The first-order valence-electron chi connectivity index (χ1n) is 2.91. The number of halogens is 2. The third-order valence-corrected chi connectivity index (χ3v) is 1.72. The maximum Gasteiger partial charge on any atom is 0.253 e. The van der Waals surface area contributed by atoms with Gasteiger partial charge in [-0.15, -0.1) is 0 Å². The summed E-state index contributed by atoms with van der Waals surface area (Å²) >= 11 is 10.7. The first-order chi connectivity index (χ1) is 5.66. The van der Waals surface area contributed by atoms with Gasteiger partial charge >= 0.3 is 0 Å². The van der Waals surface area contributed by atoms with Gasteiger partial charge in [0.25, 0.3) is 5.24 Å². The van der Waals surface area contributed by atoms with E-state index in [1.165, 1.54) is 12.3 Å². The highest BCUT2D eigenvalue weighted by molar-refractivity contribution is 6.68. The molecule has 0 radical (unpaired) electrons. The van der Waals surface area contributed by atoms with Gasteiger partial charge in [-0.25, -0.2) is 4.98 Å². The van der Waals surface area contributed by atoms with E-state index in [1.807, 2.05) is 0 Å². The van der Waals surface area contributed by atoms with Crippen LogP contribution in [0.4, 0.5) is 0 Å². The first kappa shape index (κ1) is 8.98. The van der Waals surface area contributed by atoms with Gasteiger partial charge in [-0.2, -0.15) is 5.26 Å². The lowest BCUT2D eigenvalue weighted by molar-refractivity contribution is 0.108. The minimum absolute atomic E-state index is 0.0102. The summed E-state index contributed by atoms with van der Waals surface area (Å²) in [5.41, 5.74) is 0.0957. The Morgan fingerprint density at radius 2 is 2.33 bits per heavy atom.